The number of carbonyl (C=O) groups is 1. The van der Waals surface area contributed by atoms with Gasteiger partial charge in [0, 0.05) is 44.3 Å². The second kappa shape index (κ2) is 8.27. The van der Waals surface area contributed by atoms with E-state index in [-0.39, 0.29) is 34.9 Å². The molecule has 8 nitrogen and oxygen atoms in total. The molecule has 0 saturated carbocycles. The second-order valence-electron chi connectivity index (χ2n) is 7.19. The summed E-state index contributed by atoms with van der Waals surface area (Å²) >= 11 is 5.80. The van der Waals surface area contributed by atoms with Crippen LogP contribution in [-0.4, -0.2) is 94.2 Å². The van der Waals surface area contributed by atoms with Gasteiger partial charge in [-0.3, -0.25) is 9.69 Å². The molecule has 1 atom stereocenters. The van der Waals surface area contributed by atoms with Crippen LogP contribution in [0.5, 0.6) is 0 Å². The third-order valence-electron chi connectivity index (χ3n) is 5.27. The van der Waals surface area contributed by atoms with Crippen molar-refractivity contribution in [1.29, 1.82) is 0 Å². The predicted molar refractivity (Wildman–Crippen MR) is 106 cm³/mol. The molecule has 0 N–H and O–H groups in total. The predicted octanol–water partition coefficient (Wildman–Crippen LogP) is 0.292. The van der Waals surface area contributed by atoms with E-state index < -0.39 is 19.9 Å². The van der Waals surface area contributed by atoms with Crippen LogP contribution in [0.2, 0.25) is 5.02 Å². The molecule has 2 aliphatic heterocycles. The normalized spacial score (nSPS) is 23.2. The number of carbonyl (C=O) groups excluding carboxylic acids is 1. The molecule has 28 heavy (non-hydrogen) atoms. The number of rotatable bonds is 5. The van der Waals surface area contributed by atoms with E-state index in [4.69, 9.17) is 11.6 Å². The fourth-order valence-corrected chi connectivity index (χ4v) is 6.57. The standard InChI is InChI=1S/C17H24ClN3O5S2/c1-19(28(25,26)16-4-2-14(18)3-5-16)12-17(22)21-9-7-20(8-10-21)15-6-11-27(23,24)13-15/h2-5,15H,6-13H2,1H3. The topological polar surface area (TPSA) is 95.1 Å². The number of nitrogens with zero attached hydrogens (tertiary/aromatic N) is 3. The maximum atomic E-state index is 12.6. The van der Waals surface area contributed by atoms with Crippen molar-refractivity contribution in [2.24, 2.45) is 0 Å². The van der Waals surface area contributed by atoms with E-state index >= 15 is 0 Å². The van der Waals surface area contributed by atoms with Crippen molar-refractivity contribution in [3.63, 3.8) is 0 Å². The molecule has 1 unspecified atom stereocenters. The molecule has 0 spiro atoms. The lowest BCUT2D eigenvalue weighted by Crippen LogP contribution is -2.54. The molecule has 156 valence electrons. The number of hydrogen-bond donors (Lipinski definition) is 0. The number of benzene rings is 1. The number of sulfonamides is 1. The van der Waals surface area contributed by atoms with Gasteiger partial charge >= 0.3 is 0 Å². The van der Waals surface area contributed by atoms with Crippen LogP contribution < -0.4 is 0 Å². The van der Waals surface area contributed by atoms with Gasteiger partial charge in [-0.05, 0) is 30.7 Å². The van der Waals surface area contributed by atoms with E-state index in [9.17, 15) is 21.6 Å². The van der Waals surface area contributed by atoms with Crippen LogP contribution in [0.25, 0.3) is 0 Å². The van der Waals surface area contributed by atoms with Gasteiger partial charge < -0.3 is 4.90 Å². The lowest BCUT2D eigenvalue weighted by molar-refractivity contribution is -0.133. The summed E-state index contributed by atoms with van der Waals surface area (Å²) in [6.45, 7) is 1.87. The highest BCUT2D eigenvalue weighted by Gasteiger charge is 2.34. The molecule has 0 aromatic heterocycles. The summed E-state index contributed by atoms with van der Waals surface area (Å²) < 4.78 is 49.5. The molecular formula is C17H24ClN3O5S2. The molecule has 3 rings (SSSR count). The summed E-state index contributed by atoms with van der Waals surface area (Å²) in [5, 5.41) is 0.436. The Labute approximate surface area is 171 Å². The first-order chi connectivity index (χ1) is 13.1. The quantitative estimate of drug-likeness (QED) is 0.641. The number of piperazine rings is 1. The van der Waals surface area contributed by atoms with E-state index in [0.717, 1.165) is 4.31 Å². The minimum absolute atomic E-state index is 0.0233. The third kappa shape index (κ3) is 4.85. The first-order valence-electron chi connectivity index (χ1n) is 9.03. The fraction of sp³-hybridized carbons (Fsp3) is 0.588. The third-order valence-corrected chi connectivity index (χ3v) is 9.09. The van der Waals surface area contributed by atoms with E-state index in [2.05, 4.69) is 4.90 Å². The van der Waals surface area contributed by atoms with Crippen molar-refractivity contribution in [1.82, 2.24) is 14.1 Å². The Hall–Kier alpha value is -1.20. The molecule has 0 radical (unpaired) electrons. The monoisotopic (exact) mass is 449 g/mol. The zero-order valence-electron chi connectivity index (χ0n) is 15.6. The van der Waals surface area contributed by atoms with Gasteiger partial charge in [0.2, 0.25) is 15.9 Å². The highest BCUT2D eigenvalue weighted by atomic mass is 35.5. The molecule has 0 aliphatic carbocycles. The average Bonchev–Trinajstić information content (AvgIpc) is 3.02. The van der Waals surface area contributed by atoms with Crippen LogP contribution in [0, 0.1) is 0 Å². The molecule has 1 aromatic rings. The summed E-state index contributed by atoms with van der Waals surface area (Å²) in [6, 6.07) is 5.83. The highest BCUT2D eigenvalue weighted by Crippen LogP contribution is 2.20. The van der Waals surface area contributed by atoms with Gasteiger partial charge in [-0.2, -0.15) is 4.31 Å². The summed E-state index contributed by atoms with van der Waals surface area (Å²) in [4.78, 5) is 16.4. The summed E-state index contributed by atoms with van der Waals surface area (Å²) in [7, 11) is -5.34. The number of likely N-dealkylation sites (N-methyl/N-ethyl adjacent to an activating group) is 1. The molecule has 11 heteroatoms. The largest absolute Gasteiger partial charge is 0.339 e. The Morgan fingerprint density at radius 2 is 1.79 bits per heavy atom. The van der Waals surface area contributed by atoms with Crippen LogP contribution >= 0.6 is 11.6 Å². The molecular weight excluding hydrogens is 426 g/mol. The van der Waals surface area contributed by atoms with Crippen molar-refractivity contribution in [3.8, 4) is 0 Å². The lowest BCUT2D eigenvalue weighted by Gasteiger charge is -2.38. The van der Waals surface area contributed by atoms with Gasteiger partial charge in [0.15, 0.2) is 9.84 Å². The van der Waals surface area contributed by atoms with Crippen LogP contribution in [0.1, 0.15) is 6.42 Å². The first-order valence-corrected chi connectivity index (χ1v) is 12.7. The zero-order valence-corrected chi connectivity index (χ0v) is 18.0. The maximum absolute atomic E-state index is 12.6. The number of halogens is 1. The summed E-state index contributed by atoms with van der Waals surface area (Å²) in [6.07, 6.45) is 0.637. The Morgan fingerprint density at radius 3 is 2.32 bits per heavy atom. The highest BCUT2D eigenvalue weighted by molar-refractivity contribution is 7.91. The molecule has 2 heterocycles. The molecule has 0 bridgehead atoms. The molecule has 1 aromatic carbocycles. The van der Waals surface area contributed by atoms with Crippen LogP contribution in [0.3, 0.4) is 0 Å². The first kappa shape index (κ1) is 21.5. The molecule has 1 amide bonds. The van der Waals surface area contributed by atoms with Crippen LogP contribution in [0.15, 0.2) is 29.2 Å². The number of hydrogen-bond acceptors (Lipinski definition) is 6. The Bertz CT molecular complexity index is 926. The van der Waals surface area contributed by atoms with Gasteiger partial charge in [0.1, 0.15) is 0 Å². The van der Waals surface area contributed by atoms with Crippen molar-refractivity contribution < 1.29 is 21.6 Å². The maximum Gasteiger partial charge on any atom is 0.243 e. The van der Waals surface area contributed by atoms with Crippen LogP contribution in [0.4, 0.5) is 0 Å². The minimum Gasteiger partial charge on any atom is -0.339 e. The lowest BCUT2D eigenvalue weighted by atomic mass is 10.2. The molecule has 2 aliphatic rings. The summed E-state index contributed by atoms with van der Waals surface area (Å²) in [5.74, 6) is 0.145. The average molecular weight is 450 g/mol. The fourth-order valence-electron chi connectivity index (χ4n) is 3.56. The smallest absolute Gasteiger partial charge is 0.243 e. The van der Waals surface area contributed by atoms with Crippen molar-refractivity contribution in [2.75, 3.05) is 51.3 Å². The molecule has 2 saturated heterocycles. The van der Waals surface area contributed by atoms with E-state index in [1.54, 1.807) is 4.90 Å². The minimum atomic E-state index is -3.78. The van der Waals surface area contributed by atoms with Gasteiger partial charge in [0.25, 0.3) is 0 Å². The SMILES string of the molecule is CN(CC(=O)N1CCN(C2CCS(=O)(=O)C2)CC1)S(=O)(=O)c1ccc(Cl)cc1. The van der Waals surface area contributed by atoms with E-state index in [1.807, 2.05) is 0 Å². The Kier molecular flexibility index (Phi) is 6.35. The van der Waals surface area contributed by atoms with Gasteiger partial charge in [-0.25, -0.2) is 16.8 Å². The van der Waals surface area contributed by atoms with Crippen LogP contribution in [-0.2, 0) is 24.7 Å². The van der Waals surface area contributed by atoms with Gasteiger partial charge in [0.05, 0.1) is 22.9 Å². The number of amides is 1. The second-order valence-corrected chi connectivity index (χ2v) is 11.9. The van der Waals surface area contributed by atoms with Crippen molar-refractivity contribution >= 4 is 37.4 Å². The zero-order chi connectivity index (χ0) is 20.5. The Balaban J connectivity index is 1.54. The van der Waals surface area contributed by atoms with E-state index in [0.29, 0.717) is 37.6 Å². The summed E-state index contributed by atoms with van der Waals surface area (Å²) in [5.41, 5.74) is 0. The van der Waals surface area contributed by atoms with Crippen molar-refractivity contribution in [3.05, 3.63) is 29.3 Å². The van der Waals surface area contributed by atoms with Gasteiger partial charge in [-0.1, -0.05) is 11.6 Å². The van der Waals surface area contributed by atoms with Crippen molar-refractivity contribution in [2.45, 2.75) is 17.4 Å². The number of sulfone groups is 1. The molecule has 2 fully saturated rings. The van der Waals surface area contributed by atoms with Gasteiger partial charge in [-0.15, -0.1) is 0 Å². The van der Waals surface area contributed by atoms with E-state index in [1.165, 1.54) is 31.3 Å². The Morgan fingerprint density at radius 1 is 1.18 bits per heavy atom.